The van der Waals surface area contributed by atoms with Gasteiger partial charge < -0.3 is 33.8 Å². The van der Waals surface area contributed by atoms with Crippen molar-refractivity contribution in [1.29, 1.82) is 0 Å². The molecule has 0 rings (SSSR count). The number of hydrogen-bond donors (Lipinski definition) is 3. The van der Waals surface area contributed by atoms with E-state index in [-0.39, 0.29) is 25.7 Å². The highest BCUT2D eigenvalue weighted by molar-refractivity contribution is 7.47. The summed E-state index contributed by atoms with van der Waals surface area (Å²) in [4.78, 5) is 72.0. The van der Waals surface area contributed by atoms with Gasteiger partial charge in [-0.1, -0.05) is 266 Å². The number of hydrogen-bond acceptors (Lipinski definition) is 15. The van der Waals surface area contributed by atoms with Gasteiger partial charge in [-0.15, -0.1) is 0 Å². The van der Waals surface area contributed by atoms with Crippen molar-refractivity contribution in [3.63, 3.8) is 0 Å². The van der Waals surface area contributed by atoms with Crippen LogP contribution >= 0.6 is 15.6 Å². The summed E-state index contributed by atoms with van der Waals surface area (Å²) in [6.07, 6.45) is 39.2. The van der Waals surface area contributed by atoms with Crippen LogP contribution in [0.15, 0.2) is 0 Å². The van der Waals surface area contributed by atoms with Gasteiger partial charge in [0, 0.05) is 25.7 Å². The molecular weight excluding hydrogens is 1100 g/mol. The van der Waals surface area contributed by atoms with E-state index in [1.165, 1.54) is 116 Å². The van der Waals surface area contributed by atoms with Gasteiger partial charge in [-0.3, -0.25) is 37.3 Å². The molecule has 0 spiro atoms. The molecule has 0 aliphatic heterocycles. The Balaban J connectivity index is 5.15. The lowest BCUT2D eigenvalue weighted by Crippen LogP contribution is -2.30. The number of rotatable bonds is 63. The van der Waals surface area contributed by atoms with Gasteiger partial charge in [0.25, 0.3) is 0 Å². The molecule has 0 aromatic heterocycles. The SMILES string of the molecule is CCCCCCCCCCC(=O)OC[C@H](COP(=O)(O)OC[C@H](O)COP(=O)(O)OC[C@@H](COC(=O)CCCCCCCCC(C)C)OC(=O)CCCCCCCCCCCCCCCCC(C)CC)OC(=O)CCCCCCCCCC. The van der Waals surface area contributed by atoms with Gasteiger partial charge in [-0.25, -0.2) is 9.13 Å². The van der Waals surface area contributed by atoms with Crippen LogP contribution in [0.25, 0.3) is 0 Å². The minimum atomic E-state index is -4.94. The maximum atomic E-state index is 13.0. The van der Waals surface area contributed by atoms with Gasteiger partial charge in [0.05, 0.1) is 26.4 Å². The fraction of sp³-hybridized carbons (Fsp3) is 0.938. The maximum Gasteiger partial charge on any atom is 0.472 e. The fourth-order valence-electron chi connectivity index (χ4n) is 9.50. The van der Waals surface area contributed by atoms with Crippen LogP contribution in [0.3, 0.4) is 0 Å². The molecule has 0 saturated heterocycles. The third-order valence-corrected chi connectivity index (χ3v) is 17.0. The first-order valence-electron chi connectivity index (χ1n) is 33.5. The maximum absolute atomic E-state index is 13.0. The Kier molecular flexibility index (Phi) is 55.2. The molecule has 0 radical (unpaired) electrons. The van der Waals surface area contributed by atoms with Crippen LogP contribution in [0.4, 0.5) is 0 Å². The molecule has 0 aromatic carbocycles. The van der Waals surface area contributed by atoms with Gasteiger partial charge in [0.15, 0.2) is 12.2 Å². The van der Waals surface area contributed by atoms with E-state index in [0.29, 0.717) is 31.6 Å². The monoisotopic (exact) mass is 1230 g/mol. The molecule has 0 bridgehead atoms. The first kappa shape index (κ1) is 81.1. The minimum absolute atomic E-state index is 0.104. The quantitative estimate of drug-likeness (QED) is 0.0222. The number of unbranched alkanes of at least 4 members (excludes halogenated alkanes) is 32. The molecule has 17 nitrogen and oxygen atoms in total. The number of aliphatic hydroxyl groups excluding tert-OH is 1. The van der Waals surface area contributed by atoms with Gasteiger partial charge >= 0.3 is 39.5 Å². The Morgan fingerprint density at radius 3 is 0.916 bits per heavy atom. The molecule has 0 aromatic rings. The average Bonchev–Trinajstić information content (AvgIpc) is 3.47. The largest absolute Gasteiger partial charge is 0.472 e. The second-order valence-electron chi connectivity index (χ2n) is 23.9. The Hall–Kier alpha value is -1.94. The average molecular weight is 1230 g/mol. The Labute approximate surface area is 505 Å². The molecular formula is C64H124O17P2. The van der Waals surface area contributed by atoms with Crippen LogP contribution in [-0.2, 0) is 65.4 Å². The zero-order valence-corrected chi connectivity index (χ0v) is 55.3. The summed E-state index contributed by atoms with van der Waals surface area (Å²) in [5, 5.41) is 10.5. The molecule has 492 valence electrons. The van der Waals surface area contributed by atoms with Crippen molar-refractivity contribution in [2.75, 3.05) is 39.6 Å². The zero-order valence-electron chi connectivity index (χ0n) is 53.5. The predicted octanol–water partition coefficient (Wildman–Crippen LogP) is 17.7. The van der Waals surface area contributed by atoms with Crippen molar-refractivity contribution in [1.82, 2.24) is 0 Å². The smallest absolute Gasteiger partial charge is 0.462 e. The van der Waals surface area contributed by atoms with E-state index in [4.69, 9.17) is 37.0 Å². The zero-order chi connectivity index (χ0) is 61.5. The number of carbonyl (C=O) groups excluding carboxylic acids is 4. The van der Waals surface area contributed by atoms with Crippen LogP contribution in [0.1, 0.15) is 318 Å². The van der Waals surface area contributed by atoms with Crippen molar-refractivity contribution in [2.45, 2.75) is 336 Å². The van der Waals surface area contributed by atoms with Gasteiger partial charge in [-0.2, -0.15) is 0 Å². The highest BCUT2D eigenvalue weighted by Crippen LogP contribution is 2.45. The molecule has 83 heavy (non-hydrogen) atoms. The Morgan fingerprint density at radius 2 is 0.614 bits per heavy atom. The summed E-state index contributed by atoms with van der Waals surface area (Å²) in [5.41, 5.74) is 0. The predicted molar refractivity (Wildman–Crippen MR) is 331 cm³/mol. The van der Waals surface area contributed by atoms with Crippen molar-refractivity contribution < 1.29 is 80.2 Å². The Bertz CT molecular complexity index is 1630. The summed E-state index contributed by atoms with van der Waals surface area (Å²) in [5.74, 6) is -0.615. The first-order chi connectivity index (χ1) is 39.9. The molecule has 0 aliphatic carbocycles. The molecule has 19 heteroatoms. The first-order valence-corrected chi connectivity index (χ1v) is 36.5. The molecule has 3 N–H and O–H groups in total. The van der Waals surface area contributed by atoms with Crippen LogP contribution in [0.5, 0.6) is 0 Å². The minimum Gasteiger partial charge on any atom is -0.462 e. The second-order valence-corrected chi connectivity index (χ2v) is 26.8. The summed E-state index contributed by atoms with van der Waals surface area (Å²) in [6.45, 7) is 9.41. The summed E-state index contributed by atoms with van der Waals surface area (Å²) in [7, 11) is -9.88. The number of ether oxygens (including phenoxy) is 4. The highest BCUT2D eigenvalue weighted by Gasteiger charge is 2.30. The molecule has 0 fully saturated rings. The fourth-order valence-corrected chi connectivity index (χ4v) is 11.1. The summed E-state index contributed by atoms with van der Waals surface area (Å²) in [6, 6.07) is 0. The summed E-state index contributed by atoms with van der Waals surface area (Å²) >= 11 is 0. The molecule has 3 unspecified atom stereocenters. The molecule has 0 aliphatic rings. The van der Waals surface area contributed by atoms with Crippen LogP contribution in [0.2, 0.25) is 0 Å². The molecule has 0 saturated carbocycles. The number of carbonyl (C=O) groups is 4. The van der Waals surface area contributed by atoms with Gasteiger partial charge in [0.2, 0.25) is 0 Å². The number of phosphoric ester groups is 2. The van der Waals surface area contributed by atoms with E-state index in [9.17, 15) is 43.2 Å². The van der Waals surface area contributed by atoms with E-state index in [2.05, 4.69) is 41.5 Å². The lowest BCUT2D eigenvalue weighted by Gasteiger charge is -2.21. The lowest BCUT2D eigenvalue weighted by atomic mass is 9.99. The van der Waals surface area contributed by atoms with E-state index in [1.807, 2.05) is 0 Å². The van der Waals surface area contributed by atoms with Crippen LogP contribution < -0.4 is 0 Å². The van der Waals surface area contributed by atoms with Crippen molar-refractivity contribution in [3.05, 3.63) is 0 Å². The molecule has 0 amide bonds. The van der Waals surface area contributed by atoms with E-state index < -0.39 is 97.5 Å². The van der Waals surface area contributed by atoms with Crippen LogP contribution in [0, 0.1) is 11.8 Å². The number of aliphatic hydroxyl groups is 1. The topological polar surface area (TPSA) is 237 Å². The Morgan fingerprint density at radius 1 is 0.349 bits per heavy atom. The molecule has 6 atom stereocenters. The van der Waals surface area contributed by atoms with Crippen LogP contribution in [-0.4, -0.2) is 96.7 Å². The van der Waals surface area contributed by atoms with E-state index >= 15 is 0 Å². The van der Waals surface area contributed by atoms with Crippen molar-refractivity contribution >= 4 is 39.5 Å². The number of esters is 4. The van der Waals surface area contributed by atoms with Gasteiger partial charge in [-0.05, 0) is 37.5 Å². The normalized spacial score (nSPS) is 14.6. The highest BCUT2D eigenvalue weighted by atomic mass is 31.2. The molecule has 0 heterocycles. The third-order valence-electron chi connectivity index (χ3n) is 15.1. The standard InChI is InChI=1S/C64H124O17P2/c1-7-10-12-14-16-27-34-40-46-61(66)74-52-59(80-63(68)48-42-36-28-17-15-13-11-8-2)54-78-82(70,71)76-50-58(65)51-77-83(72,73)79-55-60(53-75-62(67)47-41-35-31-30-32-38-44-56(4)5)81-64(69)49-43-37-29-25-23-21-19-18-20-22-24-26-33-39-45-57(6)9-3/h56-60,65H,7-55H2,1-6H3,(H,70,71)(H,72,73)/t57?,58-,59+,60+/m0/s1. The van der Waals surface area contributed by atoms with Crippen molar-refractivity contribution in [3.8, 4) is 0 Å². The lowest BCUT2D eigenvalue weighted by molar-refractivity contribution is -0.161. The van der Waals surface area contributed by atoms with E-state index in [0.717, 1.165) is 115 Å². The number of phosphoric acid groups is 2. The second kappa shape index (κ2) is 56.6. The van der Waals surface area contributed by atoms with E-state index in [1.54, 1.807) is 0 Å². The van der Waals surface area contributed by atoms with Gasteiger partial charge in [0.1, 0.15) is 19.3 Å². The third kappa shape index (κ3) is 57.6. The van der Waals surface area contributed by atoms with Crippen molar-refractivity contribution in [2.24, 2.45) is 11.8 Å². The summed E-state index contributed by atoms with van der Waals surface area (Å²) < 4.78 is 67.8.